The molecule has 0 unspecified atom stereocenters. The van der Waals surface area contributed by atoms with Gasteiger partial charge in [0.25, 0.3) is 0 Å². The van der Waals surface area contributed by atoms with Gasteiger partial charge in [0.1, 0.15) is 5.82 Å². The van der Waals surface area contributed by atoms with E-state index in [4.69, 9.17) is 5.73 Å². The van der Waals surface area contributed by atoms with Crippen molar-refractivity contribution in [1.29, 1.82) is 0 Å². The summed E-state index contributed by atoms with van der Waals surface area (Å²) in [6, 6.07) is 8.15. The van der Waals surface area contributed by atoms with Crippen LogP contribution in [0.15, 0.2) is 24.3 Å². The highest BCUT2D eigenvalue weighted by Gasteiger charge is 2.04. The number of anilines is 1. The van der Waals surface area contributed by atoms with Crippen LogP contribution in [0.25, 0.3) is 11.3 Å². The summed E-state index contributed by atoms with van der Waals surface area (Å²) in [5, 5.41) is 6.82. The van der Waals surface area contributed by atoms with Crippen LogP contribution in [0, 0.1) is 13.8 Å². The van der Waals surface area contributed by atoms with Crippen LogP contribution < -0.4 is 5.73 Å². The average molecular weight is 224 g/mol. The minimum absolute atomic E-state index is 0. The van der Waals surface area contributed by atoms with Gasteiger partial charge in [-0.15, -0.1) is 12.4 Å². The van der Waals surface area contributed by atoms with Crippen LogP contribution in [0.1, 0.15) is 11.1 Å². The molecule has 1 heterocycles. The molecule has 0 aliphatic rings. The third-order valence-corrected chi connectivity index (χ3v) is 2.27. The van der Waals surface area contributed by atoms with Crippen molar-refractivity contribution in [3.8, 4) is 11.3 Å². The Labute approximate surface area is 95.1 Å². The zero-order chi connectivity index (χ0) is 10.1. The maximum Gasteiger partial charge on any atom is 0.145 e. The Bertz CT molecular complexity index is 463. The summed E-state index contributed by atoms with van der Waals surface area (Å²) in [5.74, 6) is 0.528. The standard InChI is InChI=1S/C11H13N3.ClH/c1-7-3-4-9(8(2)5-7)10-6-11(12)14-13-10;/h3-6H,1-2H3,(H3,12,13,14);1H. The van der Waals surface area contributed by atoms with E-state index in [1.165, 1.54) is 11.1 Å². The van der Waals surface area contributed by atoms with Crippen molar-refractivity contribution >= 4 is 18.2 Å². The van der Waals surface area contributed by atoms with E-state index < -0.39 is 0 Å². The molecule has 2 rings (SSSR count). The Hall–Kier alpha value is -1.48. The average Bonchev–Trinajstić information content (AvgIpc) is 2.51. The molecule has 0 amide bonds. The molecule has 1 aromatic heterocycles. The summed E-state index contributed by atoms with van der Waals surface area (Å²) in [6.45, 7) is 4.16. The highest BCUT2D eigenvalue weighted by Crippen LogP contribution is 2.23. The highest BCUT2D eigenvalue weighted by atomic mass is 35.5. The van der Waals surface area contributed by atoms with Crippen molar-refractivity contribution < 1.29 is 0 Å². The summed E-state index contributed by atoms with van der Waals surface area (Å²) in [4.78, 5) is 0. The van der Waals surface area contributed by atoms with E-state index in [0.29, 0.717) is 5.82 Å². The number of benzene rings is 1. The molecule has 0 atom stereocenters. The van der Waals surface area contributed by atoms with Crippen molar-refractivity contribution in [3.63, 3.8) is 0 Å². The number of nitrogens with zero attached hydrogens (tertiary/aromatic N) is 1. The van der Waals surface area contributed by atoms with Crippen LogP contribution in [-0.2, 0) is 0 Å². The zero-order valence-electron chi connectivity index (χ0n) is 8.74. The van der Waals surface area contributed by atoms with Gasteiger partial charge in [0.15, 0.2) is 0 Å². The number of halogens is 1. The van der Waals surface area contributed by atoms with Gasteiger partial charge in [-0.05, 0) is 19.4 Å². The van der Waals surface area contributed by atoms with Crippen LogP contribution in [0.4, 0.5) is 5.82 Å². The maximum atomic E-state index is 5.55. The van der Waals surface area contributed by atoms with Gasteiger partial charge in [0.2, 0.25) is 0 Å². The molecule has 15 heavy (non-hydrogen) atoms. The van der Waals surface area contributed by atoms with Crippen LogP contribution in [0.5, 0.6) is 0 Å². The summed E-state index contributed by atoms with van der Waals surface area (Å²) >= 11 is 0. The van der Waals surface area contributed by atoms with Crippen molar-refractivity contribution in [2.75, 3.05) is 5.73 Å². The molecule has 1 aromatic carbocycles. The number of nitrogen functional groups attached to an aromatic ring is 1. The quantitative estimate of drug-likeness (QED) is 0.781. The van der Waals surface area contributed by atoms with Crippen molar-refractivity contribution in [1.82, 2.24) is 10.2 Å². The van der Waals surface area contributed by atoms with E-state index >= 15 is 0 Å². The number of H-pyrrole nitrogens is 1. The Balaban J connectivity index is 0.00000112. The monoisotopic (exact) mass is 223 g/mol. The lowest BCUT2D eigenvalue weighted by molar-refractivity contribution is 1.10. The van der Waals surface area contributed by atoms with Gasteiger partial charge >= 0.3 is 0 Å². The van der Waals surface area contributed by atoms with Crippen molar-refractivity contribution in [2.45, 2.75) is 13.8 Å². The predicted molar refractivity (Wildman–Crippen MR) is 65.2 cm³/mol. The van der Waals surface area contributed by atoms with Gasteiger partial charge in [0.05, 0.1) is 5.69 Å². The number of aryl methyl sites for hydroxylation is 2. The fourth-order valence-electron chi connectivity index (χ4n) is 1.59. The summed E-state index contributed by atoms with van der Waals surface area (Å²) < 4.78 is 0. The molecule has 2 aromatic rings. The van der Waals surface area contributed by atoms with Gasteiger partial charge in [-0.2, -0.15) is 5.10 Å². The normalized spacial score (nSPS) is 9.73. The van der Waals surface area contributed by atoms with Crippen molar-refractivity contribution in [3.05, 3.63) is 35.4 Å². The lowest BCUT2D eigenvalue weighted by Gasteiger charge is -2.03. The van der Waals surface area contributed by atoms with Crippen LogP contribution in [0.2, 0.25) is 0 Å². The first kappa shape index (κ1) is 11.6. The van der Waals surface area contributed by atoms with Crippen molar-refractivity contribution in [2.24, 2.45) is 0 Å². The number of rotatable bonds is 1. The molecule has 3 N–H and O–H groups in total. The van der Waals surface area contributed by atoms with Crippen LogP contribution >= 0.6 is 12.4 Å². The number of aromatic nitrogens is 2. The van der Waals surface area contributed by atoms with E-state index in [0.717, 1.165) is 11.3 Å². The topological polar surface area (TPSA) is 54.7 Å². The molecular formula is C11H14ClN3. The lowest BCUT2D eigenvalue weighted by atomic mass is 10.0. The molecule has 0 bridgehead atoms. The van der Waals surface area contributed by atoms with Gasteiger partial charge in [-0.25, -0.2) is 0 Å². The van der Waals surface area contributed by atoms with Gasteiger partial charge in [-0.3, -0.25) is 5.10 Å². The van der Waals surface area contributed by atoms with E-state index in [2.05, 4.69) is 42.2 Å². The molecule has 4 heteroatoms. The second-order valence-corrected chi connectivity index (χ2v) is 3.52. The van der Waals surface area contributed by atoms with Crippen LogP contribution in [-0.4, -0.2) is 10.2 Å². The minimum Gasteiger partial charge on any atom is -0.382 e. The first-order chi connectivity index (χ1) is 6.66. The number of nitrogens with two attached hydrogens (primary N) is 1. The molecule has 80 valence electrons. The molecule has 0 saturated heterocycles. The first-order valence-electron chi connectivity index (χ1n) is 4.55. The smallest absolute Gasteiger partial charge is 0.145 e. The number of nitrogens with one attached hydrogen (secondary N) is 1. The fraction of sp³-hybridized carbons (Fsp3) is 0.182. The third-order valence-electron chi connectivity index (χ3n) is 2.27. The number of hydrogen-bond donors (Lipinski definition) is 2. The predicted octanol–water partition coefficient (Wildman–Crippen LogP) is 2.70. The number of aromatic amines is 1. The number of hydrogen-bond acceptors (Lipinski definition) is 2. The molecule has 0 fully saturated rings. The Morgan fingerprint density at radius 3 is 2.47 bits per heavy atom. The second kappa shape index (κ2) is 4.36. The van der Waals surface area contributed by atoms with Gasteiger partial charge in [0, 0.05) is 11.6 Å². The van der Waals surface area contributed by atoms with E-state index in [1.807, 2.05) is 6.07 Å². The second-order valence-electron chi connectivity index (χ2n) is 3.52. The molecule has 0 radical (unpaired) electrons. The lowest BCUT2D eigenvalue weighted by Crippen LogP contribution is -1.84. The SMILES string of the molecule is Cc1ccc(-c2cc(N)n[nH]2)c(C)c1.Cl. The Kier molecular flexibility index (Phi) is 3.37. The summed E-state index contributed by atoms with van der Waals surface area (Å²) in [6.07, 6.45) is 0. The fourth-order valence-corrected chi connectivity index (χ4v) is 1.59. The van der Waals surface area contributed by atoms with E-state index in [-0.39, 0.29) is 12.4 Å². The molecule has 3 nitrogen and oxygen atoms in total. The largest absolute Gasteiger partial charge is 0.382 e. The molecule has 0 aliphatic heterocycles. The van der Waals surface area contributed by atoms with Gasteiger partial charge < -0.3 is 5.73 Å². The van der Waals surface area contributed by atoms with Crippen LogP contribution in [0.3, 0.4) is 0 Å². The molecule has 0 aliphatic carbocycles. The Morgan fingerprint density at radius 2 is 1.93 bits per heavy atom. The highest BCUT2D eigenvalue weighted by molar-refractivity contribution is 5.85. The van der Waals surface area contributed by atoms with Gasteiger partial charge in [-0.1, -0.05) is 23.8 Å². The summed E-state index contributed by atoms with van der Waals surface area (Å²) in [5.41, 5.74) is 10.2. The molecular weight excluding hydrogens is 210 g/mol. The van der Waals surface area contributed by atoms with E-state index in [9.17, 15) is 0 Å². The third kappa shape index (κ3) is 2.30. The van der Waals surface area contributed by atoms with E-state index in [1.54, 1.807) is 0 Å². The molecule has 0 spiro atoms. The molecule has 0 saturated carbocycles. The zero-order valence-corrected chi connectivity index (χ0v) is 9.56. The minimum atomic E-state index is 0. The maximum absolute atomic E-state index is 5.55. The first-order valence-corrected chi connectivity index (χ1v) is 4.55. The summed E-state index contributed by atoms with van der Waals surface area (Å²) in [7, 11) is 0. The Morgan fingerprint density at radius 1 is 1.20 bits per heavy atom.